The van der Waals surface area contributed by atoms with E-state index in [1.807, 2.05) is 12.1 Å². The minimum atomic E-state index is -3.49. The molecule has 5 nitrogen and oxygen atoms in total. The van der Waals surface area contributed by atoms with Gasteiger partial charge in [-0.25, -0.2) is 8.42 Å². The maximum absolute atomic E-state index is 12.9. The SMILES string of the molecule is CCOC(=O)C1CCN(S(=O)(=O)c2ccc(C3CCCCC3)cc2)CC1. The molecule has 1 aromatic rings. The number of piperidine rings is 1. The maximum Gasteiger partial charge on any atom is 0.309 e. The van der Waals surface area contributed by atoms with Crippen molar-refractivity contribution < 1.29 is 17.9 Å². The van der Waals surface area contributed by atoms with E-state index in [4.69, 9.17) is 4.74 Å². The molecule has 0 N–H and O–H groups in total. The summed E-state index contributed by atoms with van der Waals surface area (Å²) in [5.74, 6) is 0.178. The van der Waals surface area contributed by atoms with Crippen molar-refractivity contribution >= 4 is 16.0 Å². The lowest BCUT2D eigenvalue weighted by Gasteiger charge is -2.30. The molecule has 6 heteroatoms. The van der Waals surface area contributed by atoms with Crippen LogP contribution in [0, 0.1) is 5.92 Å². The second kappa shape index (κ2) is 8.53. The summed E-state index contributed by atoms with van der Waals surface area (Å²) in [4.78, 5) is 12.2. The zero-order chi connectivity index (χ0) is 18.6. The second-order valence-corrected chi connectivity index (χ2v) is 9.27. The van der Waals surface area contributed by atoms with Crippen LogP contribution < -0.4 is 0 Å². The largest absolute Gasteiger partial charge is 0.466 e. The molecule has 1 heterocycles. The Bertz CT molecular complexity index is 700. The van der Waals surface area contributed by atoms with Crippen LogP contribution in [0.25, 0.3) is 0 Å². The summed E-state index contributed by atoms with van der Waals surface area (Å²) in [5, 5.41) is 0. The Balaban J connectivity index is 1.64. The Morgan fingerprint density at radius 3 is 2.23 bits per heavy atom. The van der Waals surface area contributed by atoms with Gasteiger partial charge in [0.25, 0.3) is 0 Å². The fourth-order valence-electron chi connectivity index (χ4n) is 4.09. The molecule has 2 aliphatic rings. The Morgan fingerprint density at radius 2 is 1.65 bits per heavy atom. The molecule has 1 saturated heterocycles. The molecule has 3 rings (SSSR count). The molecule has 1 aliphatic heterocycles. The lowest BCUT2D eigenvalue weighted by molar-refractivity contribution is -0.149. The monoisotopic (exact) mass is 379 g/mol. The Morgan fingerprint density at radius 1 is 1.04 bits per heavy atom. The van der Waals surface area contributed by atoms with Gasteiger partial charge in [-0.15, -0.1) is 0 Å². The second-order valence-electron chi connectivity index (χ2n) is 7.33. The average molecular weight is 380 g/mol. The predicted molar refractivity (Wildman–Crippen MR) is 100 cm³/mol. The summed E-state index contributed by atoms with van der Waals surface area (Å²) >= 11 is 0. The number of carbonyl (C=O) groups excluding carboxylic acids is 1. The molecular formula is C20H29NO4S. The first kappa shape index (κ1) is 19.4. The number of hydrogen-bond acceptors (Lipinski definition) is 4. The van der Waals surface area contributed by atoms with E-state index < -0.39 is 10.0 Å². The van der Waals surface area contributed by atoms with Crippen LogP contribution in [0.1, 0.15) is 63.4 Å². The molecule has 0 aromatic heterocycles. The van der Waals surface area contributed by atoms with E-state index in [1.165, 1.54) is 42.0 Å². The zero-order valence-corrected chi connectivity index (χ0v) is 16.3. The maximum atomic E-state index is 12.9. The van der Waals surface area contributed by atoms with Gasteiger partial charge in [0.05, 0.1) is 17.4 Å². The summed E-state index contributed by atoms with van der Waals surface area (Å²) in [6, 6.07) is 7.45. The van der Waals surface area contributed by atoms with Crippen molar-refractivity contribution in [1.29, 1.82) is 0 Å². The van der Waals surface area contributed by atoms with Crippen molar-refractivity contribution in [3.63, 3.8) is 0 Å². The van der Waals surface area contributed by atoms with Gasteiger partial charge in [0.2, 0.25) is 10.0 Å². The van der Waals surface area contributed by atoms with E-state index in [9.17, 15) is 13.2 Å². The van der Waals surface area contributed by atoms with Gasteiger partial charge >= 0.3 is 5.97 Å². The van der Waals surface area contributed by atoms with Gasteiger partial charge in [0.1, 0.15) is 0 Å². The first-order valence-corrected chi connectivity index (χ1v) is 11.2. The quantitative estimate of drug-likeness (QED) is 0.732. The standard InChI is InChI=1S/C20H29NO4S/c1-2-25-20(22)18-12-14-21(15-13-18)26(23,24)19-10-8-17(9-11-19)16-6-4-3-5-7-16/h8-11,16,18H,2-7,12-15H2,1H3. The summed E-state index contributed by atoms with van der Waals surface area (Å²) < 4.78 is 32.3. The van der Waals surface area contributed by atoms with Gasteiger partial charge in [0, 0.05) is 13.1 Å². The van der Waals surface area contributed by atoms with Crippen molar-refractivity contribution in [1.82, 2.24) is 4.31 Å². The summed E-state index contributed by atoms with van der Waals surface area (Å²) in [7, 11) is -3.49. The summed E-state index contributed by atoms with van der Waals surface area (Å²) in [5.41, 5.74) is 1.25. The van der Waals surface area contributed by atoms with E-state index >= 15 is 0 Å². The number of carbonyl (C=O) groups is 1. The van der Waals surface area contributed by atoms with Gasteiger partial charge in [0.15, 0.2) is 0 Å². The van der Waals surface area contributed by atoms with Gasteiger partial charge < -0.3 is 4.74 Å². The van der Waals surface area contributed by atoms with Crippen LogP contribution >= 0.6 is 0 Å². The molecule has 0 spiro atoms. The number of benzene rings is 1. The summed E-state index contributed by atoms with van der Waals surface area (Å²) in [6.45, 7) is 2.89. The topological polar surface area (TPSA) is 63.7 Å². The summed E-state index contributed by atoms with van der Waals surface area (Å²) in [6.07, 6.45) is 7.29. The first-order chi connectivity index (χ1) is 12.5. The fraction of sp³-hybridized carbons (Fsp3) is 0.650. The molecule has 0 atom stereocenters. The minimum Gasteiger partial charge on any atom is -0.466 e. The highest BCUT2D eigenvalue weighted by Crippen LogP contribution is 2.33. The van der Waals surface area contributed by atoms with Crippen molar-refractivity contribution in [3.05, 3.63) is 29.8 Å². The fourth-order valence-corrected chi connectivity index (χ4v) is 5.56. The first-order valence-electron chi connectivity index (χ1n) is 9.79. The third kappa shape index (κ3) is 4.29. The van der Waals surface area contributed by atoms with E-state index in [0.29, 0.717) is 43.4 Å². The van der Waals surface area contributed by atoms with Gasteiger partial charge in [-0.2, -0.15) is 4.31 Å². The van der Waals surface area contributed by atoms with Crippen molar-refractivity contribution in [2.24, 2.45) is 5.92 Å². The number of sulfonamides is 1. The molecule has 0 radical (unpaired) electrons. The van der Waals surface area contributed by atoms with Crippen molar-refractivity contribution in [3.8, 4) is 0 Å². The van der Waals surface area contributed by atoms with Crippen molar-refractivity contribution in [2.75, 3.05) is 19.7 Å². The molecule has 0 bridgehead atoms. The average Bonchev–Trinajstić information content (AvgIpc) is 2.69. The molecule has 2 fully saturated rings. The number of rotatable bonds is 5. The van der Waals surface area contributed by atoms with E-state index in [1.54, 1.807) is 19.1 Å². The smallest absolute Gasteiger partial charge is 0.309 e. The van der Waals surface area contributed by atoms with Crippen LogP contribution in [-0.4, -0.2) is 38.4 Å². The number of ether oxygens (including phenoxy) is 1. The predicted octanol–water partition coefficient (Wildman–Crippen LogP) is 3.70. The van der Waals surface area contributed by atoms with Crippen LogP contribution in [0.5, 0.6) is 0 Å². The Kier molecular flexibility index (Phi) is 6.35. The number of nitrogens with zero attached hydrogens (tertiary/aromatic N) is 1. The van der Waals surface area contributed by atoms with Crippen LogP contribution in [0.3, 0.4) is 0 Å². The number of hydrogen-bond donors (Lipinski definition) is 0. The molecular weight excluding hydrogens is 350 g/mol. The van der Waals surface area contributed by atoms with Crippen LogP contribution in [-0.2, 0) is 19.6 Å². The Hall–Kier alpha value is -1.40. The van der Waals surface area contributed by atoms with Gasteiger partial charge in [-0.1, -0.05) is 31.4 Å². The molecule has 1 aliphatic carbocycles. The molecule has 144 valence electrons. The molecule has 0 unspecified atom stereocenters. The molecule has 1 saturated carbocycles. The van der Waals surface area contributed by atoms with Crippen molar-refractivity contribution in [2.45, 2.75) is 62.7 Å². The van der Waals surface area contributed by atoms with E-state index in [2.05, 4.69) is 0 Å². The highest BCUT2D eigenvalue weighted by Gasteiger charge is 2.32. The third-order valence-corrected chi connectivity index (χ3v) is 7.58. The number of esters is 1. The minimum absolute atomic E-state index is 0.185. The molecule has 0 amide bonds. The third-order valence-electron chi connectivity index (χ3n) is 5.67. The van der Waals surface area contributed by atoms with E-state index in [0.717, 1.165) is 0 Å². The van der Waals surface area contributed by atoms with E-state index in [-0.39, 0.29) is 11.9 Å². The van der Waals surface area contributed by atoms with Gasteiger partial charge in [-0.3, -0.25) is 4.79 Å². The molecule has 26 heavy (non-hydrogen) atoms. The zero-order valence-electron chi connectivity index (χ0n) is 15.5. The van der Waals surface area contributed by atoms with Crippen LogP contribution in [0.2, 0.25) is 0 Å². The van der Waals surface area contributed by atoms with Crippen LogP contribution in [0.4, 0.5) is 0 Å². The van der Waals surface area contributed by atoms with Gasteiger partial charge in [-0.05, 0) is 56.2 Å². The highest BCUT2D eigenvalue weighted by molar-refractivity contribution is 7.89. The normalized spacial score (nSPS) is 20.8. The Labute approximate surface area is 156 Å². The molecule has 1 aromatic carbocycles. The lowest BCUT2D eigenvalue weighted by Crippen LogP contribution is -2.40. The lowest BCUT2D eigenvalue weighted by atomic mass is 9.84. The van der Waals surface area contributed by atoms with Crippen LogP contribution in [0.15, 0.2) is 29.2 Å². The highest BCUT2D eigenvalue weighted by atomic mass is 32.2.